The van der Waals surface area contributed by atoms with Crippen LogP contribution in [-0.2, 0) is 0 Å². The molecule has 0 aliphatic carbocycles. The van der Waals surface area contributed by atoms with Gasteiger partial charge < -0.3 is 10.0 Å². The van der Waals surface area contributed by atoms with E-state index in [1.165, 1.54) is 12.3 Å². The molecule has 104 valence electrons. The smallest absolute Gasteiger partial charge is 0.143 e. The van der Waals surface area contributed by atoms with Crippen LogP contribution in [0.5, 0.6) is 0 Å². The predicted molar refractivity (Wildman–Crippen MR) is 73.7 cm³/mol. The van der Waals surface area contributed by atoms with Crippen molar-refractivity contribution < 1.29 is 9.50 Å². The topological polar surface area (TPSA) is 49.2 Å². The van der Waals surface area contributed by atoms with Gasteiger partial charge in [0.25, 0.3) is 0 Å². The van der Waals surface area contributed by atoms with Crippen LogP contribution in [0.2, 0.25) is 0 Å². The fourth-order valence-electron chi connectivity index (χ4n) is 2.53. The van der Waals surface area contributed by atoms with Crippen molar-refractivity contribution in [1.82, 2.24) is 9.97 Å². The fourth-order valence-corrected chi connectivity index (χ4v) is 2.53. The molecule has 3 heterocycles. The Morgan fingerprint density at radius 3 is 2.85 bits per heavy atom. The molecule has 1 aliphatic rings. The van der Waals surface area contributed by atoms with Crippen LogP contribution >= 0.6 is 0 Å². The Morgan fingerprint density at radius 2 is 2.15 bits per heavy atom. The van der Waals surface area contributed by atoms with Crippen molar-refractivity contribution in [3.05, 3.63) is 54.4 Å². The first-order valence-corrected chi connectivity index (χ1v) is 6.66. The lowest BCUT2D eigenvalue weighted by molar-refractivity contribution is 0.134. The molecule has 1 aliphatic heterocycles. The van der Waals surface area contributed by atoms with Gasteiger partial charge in [0, 0.05) is 31.5 Å². The molecule has 0 radical (unpaired) electrons. The van der Waals surface area contributed by atoms with Crippen LogP contribution in [-0.4, -0.2) is 28.2 Å². The number of aromatic nitrogens is 2. The third kappa shape index (κ3) is 2.77. The second kappa shape index (κ2) is 5.54. The Hall–Kier alpha value is -2.01. The van der Waals surface area contributed by atoms with Crippen LogP contribution in [0.15, 0.2) is 43.0 Å². The lowest BCUT2D eigenvalue weighted by Gasteiger charge is -2.41. The van der Waals surface area contributed by atoms with E-state index in [0.717, 1.165) is 24.3 Å². The highest BCUT2D eigenvalue weighted by atomic mass is 19.1. The molecule has 1 N–H and O–H groups in total. The van der Waals surface area contributed by atoms with Crippen LogP contribution in [0.3, 0.4) is 0 Å². The largest absolute Gasteiger partial charge is 0.388 e. The molecule has 0 aromatic carbocycles. The van der Waals surface area contributed by atoms with Gasteiger partial charge in [-0.05, 0) is 24.0 Å². The lowest BCUT2D eigenvalue weighted by Crippen LogP contribution is -2.47. The second-order valence-corrected chi connectivity index (χ2v) is 5.17. The summed E-state index contributed by atoms with van der Waals surface area (Å²) in [6.45, 7) is 1.64. The summed E-state index contributed by atoms with van der Waals surface area (Å²) in [5.74, 6) is 0.0924. The first-order valence-electron chi connectivity index (χ1n) is 6.66. The third-order valence-electron chi connectivity index (χ3n) is 3.64. The number of anilines is 1. The van der Waals surface area contributed by atoms with Crippen molar-refractivity contribution >= 4 is 5.69 Å². The third-order valence-corrected chi connectivity index (χ3v) is 3.64. The summed E-state index contributed by atoms with van der Waals surface area (Å²) in [7, 11) is 0. The summed E-state index contributed by atoms with van der Waals surface area (Å²) in [5, 5.41) is 10.1. The van der Waals surface area contributed by atoms with Crippen molar-refractivity contribution in [3.63, 3.8) is 0 Å². The first kappa shape index (κ1) is 13.0. The molecule has 5 heteroatoms. The van der Waals surface area contributed by atoms with Gasteiger partial charge in [-0.25, -0.2) is 4.39 Å². The highest BCUT2D eigenvalue weighted by molar-refractivity contribution is 5.46. The molecule has 0 spiro atoms. The maximum Gasteiger partial charge on any atom is 0.143 e. The second-order valence-electron chi connectivity index (χ2n) is 5.17. The molecule has 0 bridgehead atoms. The first-order chi connectivity index (χ1) is 9.72. The van der Waals surface area contributed by atoms with Gasteiger partial charge in [-0.2, -0.15) is 0 Å². The molecule has 4 nitrogen and oxygen atoms in total. The van der Waals surface area contributed by atoms with Crippen LogP contribution < -0.4 is 4.90 Å². The van der Waals surface area contributed by atoms with E-state index in [9.17, 15) is 9.50 Å². The Balaban J connectivity index is 1.54. The van der Waals surface area contributed by atoms with Crippen molar-refractivity contribution in [2.45, 2.75) is 12.5 Å². The molecule has 2 aromatic rings. The Bertz CT molecular complexity index is 572. The van der Waals surface area contributed by atoms with Crippen molar-refractivity contribution in [1.29, 1.82) is 0 Å². The van der Waals surface area contributed by atoms with Gasteiger partial charge in [0.05, 0.1) is 24.2 Å². The minimum Gasteiger partial charge on any atom is -0.388 e. The van der Waals surface area contributed by atoms with Gasteiger partial charge >= 0.3 is 0 Å². The van der Waals surface area contributed by atoms with Crippen LogP contribution in [0.25, 0.3) is 0 Å². The molecule has 20 heavy (non-hydrogen) atoms. The number of hydrogen-bond donors (Lipinski definition) is 1. The minimum atomic E-state index is -0.485. The van der Waals surface area contributed by atoms with E-state index in [2.05, 4.69) is 14.9 Å². The number of halogens is 1. The summed E-state index contributed by atoms with van der Waals surface area (Å²) < 4.78 is 13.1. The molecule has 0 saturated carbocycles. The molecular weight excluding hydrogens is 257 g/mol. The summed E-state index contributed by atoms with van der Waals surface area (Å²) >= 11 is 0. The predicted octanol–water partition coefficient (Wildman–Crippen LogP) is 2.18. The Kier molecular flexibility index (Phi) is 3.60. The average Bonchev–Trinajstić information content (AvgIpc) is 2.43. The molecule has 0 amide bonds. The minimum absolute atomic E-state index is 0.318. The van der Waals surface area contributed by atoms with Crippen LogP contribution in [0, 0.1) is 11.7 Å². The van der Waals surface area contributed by atoms with Gasteiger partial charge in [0.1, 0.15) is 5.82 Å². The number of rotatable bonds is 4. The number of pyridine rings is 2. The average molecular weight is 273 g/mol. The quantitative estimate of drug-likeness (QED) is 0.927. The van der Waals surface area contributed by atoms with Crippen LogP contribution in [0.1, 0.15) is 18.1 Å². The Labute approximate surface area is 116 Å². The zero-order chi connectivity index (χ0) is 13.9. The van der Waals surface area contributed by atoms with E-state index in [1.54, 1.807) is 18.6 Å². The molecule has 1 atom stereocenters. The standard InChI is InChI=1S/C15H16FN3O/c16-13-5-14(8-18-7-13)19-9-11(10-19)4-15(20)12-2-1-3-17-6-12/h1-3,5-8,11,15,20H,4,9-10H2. The van der Waals surface area contributed by atoms with Crippen molar-refractivity contribution in [2.75, 3.05) is 18.0 Å². The van der Waals surface area contributed by atoms with E-state index in [0.29, 0.717) is 12.3 Å². The number of aliphatic hydroxyl groups excluding tert-OH is 1. The van der Waals surface area contributed by atoms with Crippen molar-refractivity contribution in [2.24, 2.45) is 5.92 Å². The molecule has 1 fully saturated rings. The Morgan fingerprint density at radius 1 is 1.30 bits per heavy atom. The lowest BCUT2D eigenvalue weighted by atomic mass is 9.91. The fraction of sp³-hybridized carbons (Fsp3) is 0.333. The summed E-state index contributed by atoms with van der Waals surface area (Å²) in [5.41, 5.74) is 1.65. The van der Waals surface area contributed by atoms with Gasteiger partial charge in [-0.15, -0.1) is 0 Å². The van der Waals surface area contributed by atoms with E-state index in [1.807, 2.05) is 12.1 Å². The number of nitrogens with zero attached hydrogens (tertiary/aromatic N) is 3. The maximum absolute atomic E-state index is 13.1. The normalized spacial score (nSPS) is 16.8. The van der Waals surface area contributed by atoms with Gasteiger partial charge in [0.2, 0.25) is 0 Å². The SMILES string of the molecule is OC(CC1CN(c2cncc(F)c2)C1)c1cccnc1. The van der Waals surface area contributed by atoms with Gasteiger partial charge in [-0.3, -0.25) is 9.97 Å². The molecule has 1 unspecified atom stereocenters. The van der Waals surface area contributed by atoms with E-state index in [-0.39, 0.29) is 5.82 Å². The molecule has 1 saturated heterocycles. The zero-order valence-corrected chi connectivity index (χ0v) is 11.0. The van der Waals surface area contributed by atoms with Gasteiger partial charge in [-0.1, -0.05) is 6.07 Å². The van der Waals surface area contributed by atoms with Gasteiger partial charge in [0.15, 0.2) is 0 Å². The molecule has 2 aromatic heterocycles. The summed E-state index contributed by atoms with van der Waals surface area (Å²) in [6.07, 6.45) is 6.46. The van der Waals surface area contributed by atoms with Crippen LogP contribution in [0.4, 0.5) is 10.1 Å². The number of aliphatic hydroxyl groups is 1. The van der Waals surface area contributed by atoms with E-state index >= 15 is 0 Å². The van der Waals surface area contributed by atoms with E-state index < -0.39 is 6.10 Å². The van der Waals surface area contributed by atoms with E-state index in [4.69, 9.17) is 0 Å². The molecule has 3 rings (SSSR count). The zero-order valence-electron chi connectivity index (χ0n) is 11.0. The highest BCUT2D eigenvalue weighted by Crippen LogP contribution is 2.30. The summed E-state index contributed by atoms with van der Waals surface area (Å²) in [4.78, 5) is 9.92. The highest BCUT2D eigenvalue weighted by Gasteiger charge is 2.29. The molecular formula is C15H16FN3O. The summed E-state index contributed by atoms with van der Waals surface area (Å²) in [6, 6.07) is 5.19. The maximum atomic E-state index is 13.1. The monoisotopic (exact) mass is 273 g/mol. The number of hydrogen-bond acceptors (Lipinski definition) is 4. The van der Waals surface area contributed by atoms with Crippen molar-refractivity contribution in [3.8, 4) is 0 Å².